The summed E-state index contributed by atoms with van der Waals surface area (Å²) >= 11 is 0. The summed E-state index contributed by atoms with van der Waals surface area (Å²) in [6, 6.07) is 7.76. The molecule has 0 heterocycles. The van der Waals surface area contributed by atoms with Crippen molar-refractivity contribution in [3.05, 3.63) is 65.3 Å². The van der Waals surface area contributed by atoms with E-state index in [1.165, 1.54) is 7.11 Å². The molecule has 0 bridgehead atoms. The highest BCUT2D eigenvalue weighted by Gasteiger charge is 2.21. The molecule has 3 nitrogen and oxygen atoms in total. The zero-order chi connectivity index (χ0) is 14.5. The summed E-state index contributed by atoms with van der Waals surface area (Å²) in [6.07, 6.45) is 7.57. The Morgan fingerprint density at radius 2 is 1.85 bits per heavy atom. The van der Waals surface area contributed by atoms with Crippen molar-refractivity contribution < 1.29 is 9.53 Å². The minimum atomic E-state index is -0.351. The number of aliphatic imine (C=N–C) groups is 1. The van der Waals surface area contributed by atoms with E-state index in [1.807, 2.05) is 55.5 Å². The number of rotatable bonds is 2. The SMILES string of the molecule is CN=C1C=CC=C/C1=C(\C(=O)OC)c1ccccc1C. The smallest absolute Gasteiger partial charge is 0.339 e. The second kappa shape index (κ2) is 6.15. The van der Waals surface area contributed by atoms with Crippen molar-refractivity contribution in [1.82, 2.24) is 0 Å². The lowest BCUT2D eigenvalue weighted by molar-refractivity contribution is -0.133. The van der Waals surface area contributed by atoms with Crippen molar-refractivity contribution in [3.8, 4) is 0 Å². The molecule has 0 fully saturated rings. The van der Waals surface area contributed by atoms with Crippen molar-refractivity contribution in [2.45, 2.75) is 6.92 Å². The van der Waals surface area contributed by atoms with E-state index in [1.54, 1.807) is 7.05 Å². The molecule has 102 valence electrons. The lowest BCUT2D eigenvalue weighted by Crippen LogP contribution is -2.12. The van der Waals surface area contributed by atoms with Gasteiger partial charge < -0.3 is 4.74 Å². The van der Waals surface area contributed by atoms with Crippen LogP contribution in [0.15, 0.2) is 59.1 Å². The number of allylic oxidation sites excluding steroid dienone is 5. The van der Waals surface area contributed by atoms with Gasteiger partial charge in [0.15, 0.2) is 0 Å². The van der Waals surface area contributed by atoms with Crippen LogP contribution in [0.3, 0.4) is 0 Å². The van der Waals surface area contributed by atoms with Crippen LogP contribution >= 0.6 is 0 Å². The number of hydrogen-bond acceptors (Lipinski definition) is 3. The fraction of sp³-hybridized carbons (Fsp3) is 0.176. The van der Waals surface area contributed by atoms with E-state index in [0.29, 0.717) is 5.57 Å². The molecular formula is C17H17NO2. The van der Waals surface area contributed by atoms with Gasteiger partial charge in [0.1, 0.15) is 0 Å². The highest BCUT2D eigenvalue weighted by Crippen LogP contribution is 2.26. The second-order valence-corrected chi connectivity index (χ2v) is 4.42. The van der Waals surface area contributed by atoms with Gasteiger partial charge in [0.25, 0.3) is 0 Å². The van der Waals surface area contributed by atoms with Gasteiger partial charge in [0.05, 0.1) is 18.4 Å². The number of methoxy groups -OCH3 is 1. The minimum Gasteiger partial charge on any atom is -0.465 e. The molecule has 0 saturated heterocycles. The predicted molar refractivity (Wildman–Crippen MR) is 81.8 cm³/mol. The topological polar surface area (TPSA) is 38.7 Å². The number of esters is 1. The molecule has 0 saturated carbocycles. The molecule has 0 amide bonds. The largest absolute Gasteiger partial charge is 0.465 e. The summed E-state index contributed by atoms with van der Waals surface area (Å²) < 4.78 is 4.96. The van der Waals surface area contributed by atoms with Gasteiger partial charge in [0.2, 0.25) is 0 Å². The van der Waals surface area contributed by atoms with Gasteiger partial charge in [-0.25, -0.2) is 4.79 Å². The van der Waals surface area contributed by atoms with Gasteiger partial charge in [0, 0.05) is 12.6 Å². The molecule has 2 rings (SSSR count). The molecule has 1 aromatic rings. The lowest BCUT2D eigenvalue weighted by atomic mass is 9.91. The Morgan fingerprint density at radius 1 is 1.15 bits per heavy atom. The highest BCUT2D eigenvalue weighted by atomic mass is 16.5. The van der Waals surface area contributed by atoms with Gasteiger partial charge in [-0.05, 0) is 24.1 Å². The van der Waals surface area contributed by atoms with Crippen molar-refractivity contribution in [3.63, 3.8) is 0 Å². The van der Waals surface area contributed by atoms with E-state index in [4.69, 9.17) is 4.74 Å². The molecular weight excluding hydrogens is 250 g/mol. The van der Waals surface area contributed by atoms with E-state index < -0.39 is 0 Å². The molecule has 0 atom stereocenters. The molecule has 0 aromatic heterocycles. The first-order valence-electron chi connectivity index (χ1n) is 6.39. The van der Waals surface area contributed by atoms with Crippen LogP contribution in [-0.2, 0) is 9.53 Å². The molecule has 20 heavy (non-hydrogen) atoms. The first-order valence-corrected chi connectivity index (χ1v) is 6.39. The number of ether oxygens (including phenoxy) is 1. The fourth-order valence-corrected chi connectivity index (χ4v) is 2.20. The third-order valence-electron chi connectivity index (χ3n) is 3.22. The monoisotopic (exact) mass is 267 g/mol. The van der Waals surface area contributed by atoms with Gasteiger partial charge >= 0.3 is 5.97 Å². The molecule has 0 aliphatic heterocycles. The van der Waals surface area contributed by atoms with Gasteiger partial charge in [-0.3, -0.25) is 4.99 Å². The summed E-state index contributed by atoms with van der Waals surface area (Å²) in [6.45, 7) is 1.98. The van der Waals surface area contributed by atoms with Crippen LogP contribution in [-0.4, -0.2) is 25.8 Å². The molecule has 1 aliphatic rings. The van der Waals surface area contributed by atoms with Gasteiger partial charge in [-0.15, -0.1) is 0 Å². The minimum absolute atomic E-state index is 0.351. The maximum atomic E-state index is 12.2. The average molecular weight is 267 g/mol. The average Bonchev–Trinajstić information content (AvgIpc) is 2.49. The van der Waals surface area contributed by atoms with E-state index in [-0.39, 0.29) is 5.97 Å². The van der Waals surface area contributed by atoms with Crippen molar-refractivity contribution in [1.29, 1.82) is 0 Å². The number of aryl methyl sites for hydroxylation is 1. The van der Waals surface area contributed by atoms with Crippen molar-refractivity contribution >= 4 is 17.3 Å². The van der Waals surface area contributed by atoms with Crippen LogP contribution in [0.4, 0.5) is 0 Å². The van der Waals surface area contributed by atoms with Gasteiger partial charge in [-0.2, -0.15) is 0 Å². The molecule has 1 aromatic carbocycles. The van der Waals surface area contributed by atoms with E-state index in [0.717, 1.165) is 22.4 Å². The first kappa shape index (κ1) is 14.0. The number of carbonyl (C=O) groups excluding carboxylic acids is 1. The zero-order valence-electron chi connectivity index (χ0n) is 11.9. The zero-order valence-corrected chi connectivity index (χ0v) is 11.9. The maximum Gasteiger partial charge on any atom is 0.339 e. The Hall–Kier alpha value is -2.42. The van der Waals surface area contributed by atoms with Crippen LogP contribution in [0.25, 0.3) is 5.57 Å². The Labute approximate surface area is 119 Å². The van der Waals surface area contributed by atoms with E-state index in [2.05, 4.69) is 4.99 Å². The van der Waals surface area contributed by atoms with Crippen LogP contribution < -0.4 is 0 Å². The fourth-order valence-electron chi connectivity index (χ4n) is 2.20. The Bertz CT molecular complexity index is 649. The van der Waals surface area contributed by atoms with Crippen molar-refractivity contribution in [2.24, 2.45) is 4.99 Å². The van der Waals surface area contributed by atoms with Crippen LogP contribution in [0.5, 0.6) is 0 Å². The second-order valence-electron chi connectivity index (χ2n) is 4.42. The molecule has 0 radical (unpaired) electrons. The maximum absolute atomic E-state index is 12.2. The summed E-state index contributed by atoms with van der Waals surface area (Å²) in [5, 5.41) is 0. The van der Waals surface area contributed by atoms with E-state index in [9.17, 15) is 4.79 Å². The highest BCUT2D eigenvalue weighted by molar-refractivity contribution is 6.28. The van der Waals surface area contributed by atoms with Crippen LogP contribution in [0.2, 0.25) is 0 Å². The third-order valence-corrected chi connectivity index (χ3v) is 3.22. The quantitative estimate of drug-likeness (QED) is 0.610. The van der Waals surface area contributed by atoms with Crippen molar-refractivity contribution in [2.75, 3.05) is 14.2 Å². The van der Waals surface area contributed by atoms with Crippen LogP contribution in [0.1, 0.15) is 11.1 Å². The lowest BCUT2D eigenvalue weighted by Gasteiger charge is -2.15. The third kappa shape index (κ3) is 2.62. The molecule has 0 unspecified atom stereocenters. The van der Waals surface area contributed by atoms with Gasteiger partial charge in [-0.1, -0.05) is 42.5 Å². The molecule has 3 heteroatoms. The Kier molecular flexibility index (Phi) is 4.31. The Balaban J connectivity index is 2.72. The first-order chi connectivity index (χ1) is 9.69. The summed E-state index contributed by atoms with van der Waals surface area (Å²) in [7, 11) is 3.11. The number of hydrogen-bond donors (Lipinski definition) is 0. The number of benzene rings is 1. The molecule has 0 spiro atoms. The summed E-state index contributed by atoms with van der Waals surface area (Å²) in [4.78, 5) is 16.5. The van der Waals surface area contributed by atoms with E-state index >= 15 is 0 Å². The molecule has 0 N–H and O–H groups in total. The number of nitrogens with zero attached hydrogens (tertiary/aromatic N) is 1. The Morgan fingerprint density at radius 3 is 2.50 bits per heavy atom. The standard InChI is InChI=1S/C17H17NO2/c1-12-8-4-5-9-13(12)16(17(19)20-3)14-10-6-7-11-15(14)18-2/h4-11H,1-3H3/b16-14+,18-15?. The molecule has 1 aliphatic carbocycles. The summed E-state index contributed by atoms with van der Waals surface area (Å²) in [5.41, 5.74) is 4.01. The number of carbonyl (C=O) groups is 1. The summed E-state index contributed by atoms with van der Waals surface area (Å²) in [5.74, 6) is -0.351. The predicted octanol–water partition coefficient (Wildman–Crippen LogP) is 3.12. The normalized spacial score (nSPS) is 18.2. The van der Waals surface area contributed by atoms with Crippen LogP contribution in [0, 0.1) is 6.92 Å².